The molecule has 0 saturated heterocycles. The van der Waals surface area contributed by atoms with Gasteiger partial charge in [0.05, 0.1) is 6.54 Å². The van der Waals surface area contributed by atoms with Crippen molar-refractivity contribution in [2.45, 2.75) is 32.6 Å². The van der Waals surface area contributed by atoms with Crippen molar-refractivity contribution in [3.63, 3.8) is 0 Å². The van der Waals surface area contributed by atoms with E-state index in [0.717, 1.165) is 0 Å². The lowest BCUT2D eigenvalue weighted by molar-refractivity contribution is -0.143. The van der Waals surface area contributed by atoms with Gasteiger partial charge in [0.2, 0.25) is 6.10 Å². The molecule has 2 aromatic rings. The molecule has 1 aliphatic rings. The van der Waals surface area contributed by atoms with E-state index >= 15 is 0 Å². The number of aryl methyl sites for hydroxylation is 1. The molecule has 1 aromatic carbocycles. The zero-order valence-corrected chi connectivity index (χ0v) is 14.2. The summed E-state index contributed by atoms with van der Waals surface area (Å²) in [6.07, 6.45) is -1.23. The number of rotatable bonds is 4. The van der Waals surface area contributed by atoms with E-state index in [1.807, 2.05) is 12.1 Å². The van der Waals surface area contributed by atoms with E-state index in [0.29, 0.717) is 23.0 Å². The van der Waals surface area contributed by atoms with Crippen LogP contribution in [0.15, 0.2) is 34.7 Å². The molecule has 3 rings (SSSR count). The third-order valence-corrected chi connectivity index (χ3v) is 4.05. The molecule has 0 aliphatic carbocycles. The van der Waals surface area contributed by atoms with Gasteiger partial charge in [-0.05, 0) is 32.0 Å². The van der Waals surface area contributed by atoms with Crippen LogP contribution in [0.2, 0.25) is 0 Å². The Bertz CT molecular complexity index is 812. The van der Waals surface area contributed by atoms with Crippen LogP contribution in [0.4, 0.5) is 0 Å². The summed E-state index contributed by atoms with van der Waals surface area (Å²) < 4.78 is 17.0. The number of carboxylic acid groups (broad SMARTS) is 1. The third kappa shape index (κ3) is 3.31. The maximum atomic E-state index is 12.7. The first kappa shape index (κ1) is 16.9. The molecule has 1 aromatic heterocycles. The first-order chi connectivity index (χ1) is 11.9. The second kappa shape index (κ2) is 6.51. The number of nitrogens with zero attached hydrogens (tertiary/aromatic N) is 1. The molecule has 1 aliphatic heterocycles. The minimum absolute atomic E-state index is 0.0930. The Balaban J connectivity index is 1.72. The van der Waals surface area contributed by atoms with Crippen LogP contribution in [0, 0.1) is 6.92 Å². The number of para-hydroxylation sites is 2. The minimum Gasteiger partial charge on any atom is -0.482 e. The van der Waals surface area contributed by atoms with Crippen molar-refractivity contribution in [3.05, 3.63) is 47.4 Å². The molecule has 1 N–H and O–H groups in total. The summed E-state index contributed by atoms with van der Waals surface area (Å²) >= 11 is 0. The maximum absolute atomic E-state index is 12.7. The Morgan fingerprint density at radius 2 is 1.84 bits per heavy atom. The van der Waals surface area contributed by atoms with Gasteiger partial charge >= 0.3 is 5.97 Å². The largest absolute Gasteiger partial charge is 0.482 e. The number of fused-ring (bicyclic) bond motifs is 1. The van der Waals surface area contributed by atoms with Crippen LogP contribution in [-0.2, 0) is 11.3 Å². The standard InChI is InChI=1S/C18H19NO6/c1-10-13(18(21)22)8-12(23-10)9-19(3)17(20)16-11(2)24-14-6-4-5-7-15(14)25-16/h4-8,11,16H,9H2,1-3H3,(H,21,22)/t11-,16-/m1/s1. The van der Waals surface area contributed by atoms with Crippen LogP contribution in [-0.4, -0.2) is 41.1 Å². The highest BCUT2D eigenvalue weighted by Gasteiger charge is 2.36. The van der Waals surface area contributed by atoms with Gasteiger partial charge in [-0.2, -0.15) is 0 Å². The van der Waals surface area contributed by atoms with E-state index in [1.165, 1.54) is 11.0 Å². The predicted octanol–water partition coefficient (Wildman–Crippen LogP) is 2.47. The number of amides is 1. The molecular weight excluding hydrogens is 326 g/mol. The molecule has 0 unspecified atom stereocenters. The number of ether oxygens (including phenoxy) is 2. The Labute approximate surface area is 144 Å². The molecule has 0 spiro atoms. The second-order valence-corrected chi connectivity index (χ2v) is 5.99. The number of hydrogen-bond acceptors (Lipinski definition) is 5. The molecule has 2 heterocycles. The fourth-order valence-corrected chi connectivity index (χ4v) is 2.75. The lowest BCUT2D eigenvalue weighted by Gasteiger charge is -2.33. The van der Waals surface area contributed by atoms with Crippen molar-refractivity contribution in [2.75, 3.05) is 7.05 Å². The second-order valence-electron chi connectivity index (χ2n) is 5.99. The van der Waals surface area contributed by atoms with Gasteiger partial charge in [-0.15, -0.1) is 0 Å². The number of hydrogen-bond donors (Lipinski definition) is 1. The normalized spacial score (nSPS) is 18.7. The highest BCUT2D eigenvalue weighted by molar-refractivity contribution is 5.89. The van der Waals surface area contributed by atoms with Crippen molar-refractivity contribution in [1.29, 1.82) is 0 Å². The van der Waals surface area contributed by atoms with Crippen molar-refractivity contribution < 1.29 is 28.6 Å². The summed E-state index contributed by atoms with van der Waals surface area (Å²) in [5.41, 5.74) is 0.0930. The van der Waals surface area contributed by atoms with Crippen molar-refractivity contribution in [3.8, 4) is 11.5 Å². The first-order valence-electron chi connectivity index (χ1n) is 7.86. The number of furan rings is 1. The Hall–Kier alpha value is -2.96. The Kier molecular flexibility index (Phi) is 4.39. The lowest BCUT2D eigenvalue weighted by atomic mass is 10.1. The van der Waals surface area contributed by atoms with Crippen LogP contribution in [0.25, 0.3) is 0 Å². The zero-order valence-electron chi connectivity index (χ0n) is 14.2. The van der Waals surface area contributed by atoms with Crippen molar-refractivity contribution in [1.82, 2.24) is 4.90 Å². The SMILES string of the molecule is Cc1oc(CN(C)C(=O)[C@@H]2Oc3ccccc3O[C@@H]2C)cc1C(=O)O. The average Bonchev–Trinajstić information content (AvgIpc) is 2.94. The fourth-order valence-electron chi connectivity index (χ4n) is 2.75. The third-order valence-electron chi connectivity index (χ3n) is 4.05. The Morgan fingerprint density at radius 1 is 1.20 bits per heavy atom. The van der Waals surface area contributed by atoms with Gasteiger partial charge in [0.15, 0.2) is 11.5 Å². The van der Waals surface area contributed by atoms with Crippen molar-refractivity contribution >= 4 is 11.9 Å². The van der Waals surface area contributed by atoms with Crippen LogP contribution in [0.5, 0.6) is 11.5 Å². The number of aromatic carboxylic acids is 1. The molecule has 1 amide bonds. The van der Waals surface area contributed by atoms with E-state index in [9.17, 15) is 9.59 Å². The van der Waals surface area contributed by atoms with Crippen LogP contribution in [0.3, 0.4) is 0 Å². The van der Waals surface area contributed by atoms with Crippen LogP contribution < -0.4 is 9.47 Å². The monoisotopic (exact) mass is 345 g/mol. The van der Waals surface area contributed by atoms with Gasteiger partial charge in [0.1, 0.15) is 23.2 Å². The summed E-state index contributed by atoms with van der Waals surface area (Å²) in [6.45, 7) is 3.49. The predicted molar refractivity (Wildman–Crippen MR) is 87.8 cm³/mol. The molecule has 7 nitrogen and oxygen atoms in total. The molecule has 2 atom stereocenters. The quantitative estimate of drug-likeness (QED) is 0.916. The van der Waals surface area contributed by atoms with Gasteiger partial charge in [0, 0.05) is 7.05 Å². The number of carboxylic acids is 1. The van der Waals surface area contributed by atoms with E-state index in [1.54, 1.807) is 33.0 Å². The zero-order chi connectivity index (χ0) is 18.1. The number of likely N-dealkylation sites (N-methyl/N-ethyl adjacent to an activating group) is 1. The van der Waals surface area contributed by atoms with Crippen molar-refractivity contribution in [2.24, 2.45) is 0 Å². The molecule has 0 radical (unpaired) electrons. The van der Waals surface area contributed by atoms with E-state index < -0.39 is 18.2 Å². The molecule has 7 heteroatoms. The number of carbonyl (C=O) groups is 2. The van der Waals surface area contributed by atoms with Crippen LogP contribution >= 0.6 is 0 Å². The molecule has 0 bridgehead atoms. The highest BCUT2D eigenvalue weighted by Crippen LogP contribution is 2.34. The van der Waals surface area contributed by atoms with E-state index in [2.05, 4.69) is 0 Å². The molecule has 25 heavy (non-hydrogen) atoms. The first-order valence-corrected chi connectivity index (χ1v) is 7.86. The molecular formula is C18H19NO6. The maximum Gasteiger partial charge on any atom is 0.339 e. The summed E-state index contributed by atoms with van der Waals surface area (Å²) in [7, 11) is 1.61. The Morgan fingerprint density at radius 3 is 2.44 bits per heavy atom. The molecule has 132 valence electrons. The topological polar surface area (TPSA) is 89.2 Å². The smallest absolute Gasteiger partial charge is 0.339 e. The summed E-state index contributed by atoms with van der Waals surface area (Å²) in [4.78, 5) is 25.2. The van der Waals surface area contributed by atoms with E-state index in [4.69, 9.17) is 19.0 Å². The van der Waals surface area contributed by atoms with Gasteiger partial charge in [-0.3, -0.25) is 4.79 Å². The van der Waals surface area contributed by atoms with E-state index in [-0.39, 0.29) is 18.0 Å². The van der Waals surface area contributed by atoms with Gasteiger partial charge < -0.3 is 23.9 Å². The average molecular weight is 345 g/mol. The van der Waals surface area contributed by atoms with Gasteiger partial charge in [-0.25, -0.2) is 4.79 Å². The molecule has 0 saturated carbocycles. The number of benzene rings is 1. The van der Waals surface area contributed by atoms with Crippen LogP contribution in [0.1, 0.15) is 28.8 Å². The minimum atomic E-state index is -1.06. The number of carbonyl (C=O) groups excluding carboxylic acids is 1. The van der Waals surface area contributed by atoms with Gasteiger partial charge in [-0.1, -0.05) is 12.1 Å². The highest BCUT2D eigenvalue weighted by atomic mass is 16.6. The summed E-state index contributed by atoms with van der Waals surface area (Å²) in [5.74, 6) is 0.505. The summed E-state index contributed by atoms with van der Waals surface area (Å²) in [5, 5.41) is 9.08. The molecule has 0 fully saturated rings. The fraction of sp³-hybridized carbons (Fsp3) is 0.333. The van der Waals surface area contributed by atoms with Gasteiger partial charge in [0.25, 0.3) is 5.91 Å². The summed E-state index contributed by atoms with van der Waals surface area (Å²) in [6, 6.07) is 8.61. The lowest BCUT2D eigenvalue weighted by Crippen LogP contribution is -2.49.